The predicted molar refractivity (Wildman–Crippen MR) is 120 cm³/mol. The Kier molecular flexibility index (Phi) is 7.24. The Morgan fingerprint density at radius 2 is 1.76 bits per heavy atom. The molecule has 1 fully saturated rings. The number of amides is 1. The summed E-state index contributed by atoms with van der Waals surface area (Å²) in [7, 11) is -4.31. The van der Waals surface area contributed by atoms with Crippen LogP contribution >= 0.6 is 0 Å². The summed E-state index contributed by atoms with van der Waals surface area (Å²) < 4.78 is 93.0. The van der Waals surface area contributed by atoms with Crippen LogP contribution < -0.4 is 5.32 Å². The molecule has 3 heterocycles. The molecule has 196 valence electrons. The number of rotatable bonds is 6. The molecular weight excluding hydrogens is 521 g/mol. The van der Waals surface area contributed by atoms with Crippen LogP contribution in [-0.4, -0.2) is 51.8 Å². The van der Waals surface area contributed by atoms with Crippen molar-refractivity contribution in [2.75, 3.05) is 0 Å². The van der Waals surface area contributed by atoms with Gasteiger partial charge in [0.15, 0.2) is 0 Å². The van der Waals surface area contributed by atoms with Gasteiger partial charge in [-0.25, -0.2) is 27.2 Å². The largest absolute Gasteiger partial charge is 0.451 e. The van der Waals surface area contributed by atoms with Crippen molar-refractivity contribution in [3.05, 3.63) is 72.2 Å². The standard InChI is InChI=1S/C23H20F5N5O3S/c1-13-18(25)9-20(33(13)37(35,36)17-4-2-16(24)3-5-17)21(34)30-10-14-6-7-29-19(8-14)15-11-31-22(32-12-15)23(26,27)28/h2-8,11-13,18,20H,9-10H2,1H3,(H,30,34)/t13-,18+,20?/m0/s1. The number of alkyl halides is 4. The summed E-state index contributed by atoms with van der Waals surface area (Å²) in [5.41, 5.74) is 0.955. The SMILES string of the molecule is C[C@H]1[C@H](F)CC(C(=O)NCc2ccnc(-c3cnc(C(F)(F)F)nc3)c2)N1S(=O)(=O)c1ccc(F)cc1. The number of carbonyl (C=O) groups is 1. The highest BCUT2D eigenvalue weighted by Gasteiger charge is 2.49. The Hall–Kier alpha value is -3.52. The fraction of sp³-hybridized carbons (Fsp3) is 0.304. The molecule has 1 amide bonds. The highest BCUT2D eigenvalue weighted by molar-refractivity contribution is 7.89. The van der Waals surface area contributed by atoms with Gasteiger partial charge in [0.25, 0.3) is 0 Å². The number of nitrogens with zero attached hydrogens (tertiary/aromatic N) is 4. The molecule has 14 heteroatoms. The Bertz CT molecular complexity index is 1390. The van der Waals surface area contributed by atoms with E-state index in [1.165, 1.54) is 25.3 Å². The molecule has 0 radical (unpaired) electrons. The van der Waals surface area contributed by atoms with Crippen molar-refractivity contribution in [1.82, 2.24) is 24.6 Å². The molecular formula is C23H20F5N5O3S. The van der Waals surface area contributed by atoms with Crippen molar-refractivity contribution in [3.63, 3.8) is 0 Å². The van der Waals surface area contributed by atoms with Crippen molar-refractivity contribution in [1.29, 1.82) is 0 Å². The fourth-order valence-corrected chi connectivity index (χ4v) is 5.76. The van der Waals surface area contributed by atoms with Gasteiger partial charge in [0.05, 0.1) is 16.6 Å². The Morgan fingerprint density at radius 1 is 1.11 bits per heavy atom. The molecule has 1 aliphatic heterocycles. The lowest BCUT2D eigenvalue weighted by molar-refractivity contribution is -0.145. The van der Waals surface area contributed by atoms with E-state index in [1.807, 2.05) is 0 Å². The highest BCUT2D eigenvalue weighted by Crippen LogP contribution is 2.33. The zero-order valence-electron chi connectivity index (χ0n) is 19.2. The fourth-order valence-electron chi connectivity index (χ4n) is 3.95. The second-order valence-electron chi connectivity index (χ2n) is 8.36. The van der Waals surface area contributed by atoms with Crippen molar-refractivity contribution >= 4 is 15.9 Å². The highest BCUT2D eigenvalue weighted by atomic mass is 32.2. The van der Waals surface area contributed by atoms with Gasteiger partial charge in [-0.05, 0) is 48.9 Å². The van der Waals surface area contributed by atoms with Gasteiger partial charge in [0.1, 0.15) is 18.0 Å². The summed E-state index contributed by atoms with van der Waals surface area (Å²) in [4.78, 5) is 23.3. The number of benzene rings is 1. The zero-order chi connectivity index (χ0) is 27.0. The number of aromatic nitrogens is 3. The first-order valence-corrected chi connectivity index (χ1v) is 12.4. The van der Waals surface area contributed by atoms with E-state index in [2.05, 4.69) is 20.3 Å². The van der Waals surface area contributed by atoms with Crippen LogP contribution in [0.25, 0.3) is 11.3 Å². The van der Waals surface area contributed by atoms with Gasteiger partial charge < -0.3 is 5.32 Å². The molecule has 0 saturated carbocycles. The molecule has 3 atom stereocenters. The number of pyridine rings is 1. The molecule has 1 unspecified atom stereocenters. The van der Waals surface area contributed by atoms with Gasteiger partial charge in [0, 0.05) is 37.1 Å². The van der Waals surface area contributed by atoms with E-state index >= 15 is 0 Å². The van der Waals surface area contributed by atoms with Gasteiger partial charge in [-0.2, -0.15) is 17.5 Å². The first-order chi connectivity index (χ1) is 17.4. The third-order valence-corrected chi connectivity index (χ3v) is 7.87. The lowest BCUT2D eigenvalue weighted by atomic mass is 10.1. The molecule has 0 bridgehead atoms. The van der Waals surface area contributed by atoms with Crippen LogP contribution in [0.5, 0.6) is 0 Å². The van der Waals surface area contributed by atoms with E-state index in [1.54, 1.807) is 0 Å². The molecule has 4 rings (SSSR count). The van der Waals surface area contributed by atoms with Crippen LogP contribution in [-0.2, 0) is 27.5 Å². The van der Waals surface area contributed by atoms with Gasteiger partial charge in [-0.1, -0.05) is 0 Å². The van der Waals surface area contributed by atoms with Crippen LogP contribution in [0.2, 0.25) is 0 Å². The normalized spacial score (nSPS) is 20.6. The molecule has 37 heavy (non-hydrogen) atoms. The summed E-state index contributed by atoms with van der Waals surface area (Å²) in [6, 6.07) is 4.56. The van der Waals surface area contributed by atoms with E-state index in [4.69, 9.17) is 0 Å². The molecule has 0 aliphatic carbocycles. The summed E-state index contributed by atoms with van der Waals surface area (Å²) in [5, 5.41) is 2.57. The zero-order valence-corrected chi connectivity index (χ0v) is 20.0. The van der Waals surface area contributed by atoms with Gasteiger partial charge in [-0.3, -0.25) is 9.78 Å². The number of carbonyl (C=O) groups excluding carboxylic acids is 1. The second-order valence-corrected chi connectivity index (χ2v) is 10.2. The molecule has 2 aromatic heterocycles. The minimum absolute atomic E-state index is 0.0951. The molecule has 1 N–H and O–H groups in total. The van der Waals surface area contributed by atoms with Gasteiger partial charge >= 0.3 is 6.18 Å². The van der Waals surface area contributed by atoms with Crippen LogP contribution in [0.3, 0.4) is 0 Å². The minimum atomic E-state index is -4.69. The molecule has 1 aromatic carbocycles. The maximum absolute atomic E-state index is 14.6. The topological polar surface area (TPSA) is 105 Å². The maximum Gasteiger partial charge on any atom is 0.451 e. The van der Waals surface area contributed by atoms with E-state index in [9.17, 15) is 35.2 Å². The third-order valence-electron chi connectivity index (χ3n) is 5.86. The number of sulfonamides is 1. The summed E-state index contributed by atoms with van der Waals surface area (Å²) in [6.45, 7) is 1.25. The third kappa shape index (κ3) is 5.59. The number of halogens is 5. The quantitative estimate of drug-likeness (QED) is 0.479. The van der Waals surface area contributed by atoms with E-state index in [-0.39, 0.29) is 29.1 Å². The van der Waals surface area contributed by atoms with Crippen molar-refractivity contribution in [3.8, 4) is 11.3 Å². The summed E-state index contributed by atoms with van der Waals surface area (Å²) >= 11 is 0. The van der Waals surface area contributed by atoms with Crippen LogP contribution in [0.15, 0.2) is 59.9 Å². The van der Waals surface area contributed by atoms with Gasteiger partial charge in [-0.15, -0.1) is 0 Å². The molecule has 1 aliphatic rings. The smallest absolute Gasteiger partial charge is 0.351 e. The number of hydrogen-bond acceptors (Lipinski definition) is 6. The second kappa shape index (κ2) is 10.1. The molecule has 0 spiro atoms. The van der Waals surface area contributed by atoms with E-state index < -0.39 is 52.0 Å². The monoisotopic (exact) mass is 541 g/mol. The average molecular weight is 542 g/mol. The lowest BCUT2D eigenvalue weighted by Gasteiger charge is -2.26. The number of nitrogens with one attached hydrogen (secondary N) is 1. The van der Waals surface area contributed by atoms with Crippen LogP contribution in [0.1, 0.15) is 24.7 Å². The number of hydrogen-bond donors (Lipinski definition) is 1. The predicted octanol–water partition coefficient (Wildman–Crippen LogP) is 3.50. The summed E-state index contributed by atoms with van der Waals surface area (Å²) in [6.07, 6.45) is -3.34. The molecule has 3 aromatic rings. The Morgan fingerprint density at radius 3 is 2.38 bits per heavy atom. The van der Waals surface area contributed by atoms with Crippen molar-refractivity contribution < 1.29 is 35.2 Å². The van der Waals surface area contributed by atoms with Crippen LogP contribution in [0.4, 0.5) is 22.0 Å². The average Bonchev–Trinajstić information content (AvgIpc) is 3.17. The van der Waals surface area contributed by atoms with Gasteiger partial charge in [0.2, 0.25) is 21.8 Å². The van der Waals surface area contributed by atoms with E-state index in [0.717, 1.165) is 41.0 Å². The molecule has 1 saturated heterocycles. The van der Waals surface area contributed by atoms with Crippen molar-refractivity contribution in [2.45, 2.75) is 49.2 Å². The summed E-state index contributed by atoms with van der Waals surface area (Å²) in [5.74, 6) is -2.68. The minimum Gasteiger partial charge on any atom is -0.351 e. The first-order valence-electron chi connectivity index (χ1n) is 10.9. The lowest BCUT2D eigenvalue weighted by Crippen LogP contribution is -2.48. The maximum atomic E-state index is 14.6. The van der Waals surface area contributed by atoms with Crippen molar-refractivity contribution in [2.24, 2.45) is 0 Å². The molecule has 8 nitrogen and oxygen atoms in total. The Balaban J connectivity index is 1.49. The van der Waals surface area contributed by atoms with E-state index in [0.29, 0.717) is 5.56 Å². The Labute approximate surface area is 208 Å². The first kappa shape index (κ1) is 26.5. The van der Waals surface area contributed by atoms with Crippen LogP contribution in [0, 0.1) is 5.82 Å².